The topological polar surface area (TPSA) is 132 Å². The van der Waals surface area contributed by atoms with Crippen LogP contribution in [0.1, 0.15) is 51.8 Å². The van der Waals surface area contributed by atoms with Gasteiger partial charge in [-0.05, 0) is 17.2 Å². The summed E-state index contributed by atoms with van der Waals surface area (Å²) in [5.74, 6) is -0.825. The molecule has 0 saturated heterocycles. The van der Waals surface area contributed by atoms with Crippen LogP contribution < -0.4 is 10.3 Å². The quantitative estimate of drug-likeness (QED) is 0.456. The lowest BCUT2D eigenvalue weighted by Gasteiger charge is -2.26. The van der Waals surface area contributed by atoms with Crippen LogP contribution in [0, 0.1) is 11.3 Å². The van der Waals surface area contributed by atoms with Crippen LogP contribution in [0.2, 0.25) is 0 Å². The number of methoxy groups -OCH3 is 2. The number of rotatable bonds is 9. The van der Waals surface area contributed by atoms with Crippen molar-refractivity contribution in [2.24, 2.45) is 7.05 Å². The molecule has 1 N–H and O–H groups in total. The fraction of sp³-hybridized carbons (Fsp3) is 0.348. The Kier molecular flexibility index (Phi) is 8.22. The van der Waals surface area contributed by atoms with E-state index in [-0.39, 0.29) is 23.5 Å². The molecule has 178 valence electrons. The number of hydrogen-bond acceptors (Lipinski definition) is 9. The van der Waals surface area contributed by atoms with Gasteiger partial charge in [0, 0.05) is 32.2 Å². The molecular formula is C23H25N5O5S. The van der Waals surface area contributed by atoms with Gasteiger partial charge in [0.25, 0.3) is 10.7 Å². The maximum Gasteiger partial charge on any atom is 0.296 e. The molecule has 3 aromatic rings. The zero-order chi connectivity index (χ0) is 24.8. The second-order valence-electron chi connectivity index (χ2n) is 7.59. The minimum Gasteiger partial charge on any atom is -0.489 e. The maximum absolute atomic E-state index is 13.0. The van der Waals surface area contributed by atoms with Crippen molar-refractivity contribution in [1.29, 1.82) is 5.26 Å². The molecule has 0 amide bonds. The number of aromatic nitrogens is 4. The summed E-state index contributed by atoms with van der Waals surface area (Å²) in [4.78, 5) is 29.7. The summed E-state index contributed by atoms with van der Waals surface area (Å²) in [6.45, 7) is 2.89. The first-order valence-electron chi connectivity index (χ1n) is 10.4. The third kappa shape index (κ3) is 4.89. The molecule has 0 aliphatic heterocycles. The zero-order valence-electron chi connectivity index (χ0n) is 19.3. The fourth-order valence-electron chi connectivity index (χ4n) is 3.97. The number of hydrogen-bond donors (Lipinski definition) is 1. The molecule has 11 heteroatoms. The van der Waals surface area contributed by atoms with Gasteiger partial charge in [-0.1, -0.05) is 25.1 Å². The van der Waals surface area contributed by atoms with Gasteiger partial charge >= 0.3 is 0 Å². The highest BCUT2D eigenvalue weighted by Gasteiger charge is 2.31. The van der Waals surface area contributed by atoms with Crippen LogP contribution in [0.25, 0.3) is 0 Å². The van der Waals surface area contributed by atoms with Crippen LogP contribution in [0.3, 0.4) is 0 Å². The first kappa shape index (κ1) is 25.2. The van der Waals surface area contributed by atoms with Crippen LogP contribution in [-0.2, 0) is 18.3 Å². The summed E-state index contributed by atoms with van der Waals surface area (Å²) in [6.07, 6.45) is 3.58. The lowest BCUT2D eigenvalue weighted by molar-refractivity contribution is 0.107. The molecule has 1 aromatic carbocycles. The molecule has 0 radical (unpaired) electrons. The molecule has 0 saturated carbocycles. The SMILES string of the molecule is COCCn1cc(C(c2ccccc2C#N)C(C)c2nc(C(=O)SO)c(OC)c(=O)n2C)cn1. The van der Waals surface area contributed by atoms with Crippen LogP contribution in [-0.4, -0.2) is 49.8 Å². The van der Waals surface area contributed by atoms with Gasteiger partial charge in [0.05, 0.1) is 50.1 Å². The Bertz CT molecular complexity index is 1280. The van der Waals surface area contributed by atoms with E-state index in [0.29, 0.717) is 24.5 Å². The minimum absolute atomic E-state index is 0.0372. The second-order valence-corrected chi connectivity index (χ2v) is 8.14. The summed E-state index contributed by atoms with van der Waals surface area (Å²) < 4.78 is 22.6. The van der Waals surface area contributed by atoms with E-state index < -0.39 is 22.5 Å². The Balaban J connectivity index is 2.22. The standard InChI is InChI=1S/C23H25N5O5S/c1-14(21-26-19(23(30)34-31)20(33-4)22(29)27(21)2)18(17-8-6-5-7-15(17)11-24)16-12-25-28(13-16)9-10-32-3/h5-8,12-14,18,31H,9-10H2,1-4H3. The number of nitrogens with zero attached hydrogens (tertiary/aromatic N) is 5. The van der Waals surface area contributed by atoms with Crippen LogP contribution in [0.15, 0.2) is 41.5 Å². The summed E-state index contributed by atoms with van der Waals surface area (Å²) in [5.41, 5.74) is 1.20. The Morgan fingerprint density at radius 3 is 2.71 bits per heavy atom. The first-order chi connectivity index (χ1) is 16.4. The molecule has 10 nitrogen and oxygen atoms in total. The highest BCUT2D eigenvalue weighted by molar-refractivity contribution is 8.09. The van der Waals surface area contributed by atoms with Gasteiger partial charge in [0.15, 0.2) is 5.69 Å². The van der Waals surface area contributed by atoms with Crippen molar-refractivity contribution in [3.63, 3.8) is 0 Å². The van der Waals surface area contributed by atoms with E-state index in [1.54, 1.807) is 37.2 Å². The average molecular weight is 484 g/mol. The third-order valence-electron chi connectivity index (χ3n) is 5.62. The van der Waals surface area contributed by atoms with Crippen molar-refractivity contribution < 1.29 is 18.8 Å². The first-order valence-corrected chi connectivity index (χ1v) is 11.2. The summed E-state index contributed by atoms with van der Waals surface area (Å²) in [6, 6.07) is 9.42. The molecule has 0 fully saturated rings. The van der Waals surface area contributed by atoms with Gasteiger partial charge in [0.2, 0.25) is 5.75 Å². The molecule has 0 aliphatic rings. The summed E-state index contributed by atoms with van der Waals surface area (Å²) >= 11 is -0.0372. The van der Waals surface area contributed by atoms with E-state index in [4.69, 9.17) is 9.47 Å². The van der Waals surface area contributed by atoms with Gasteiger partial charge in [0.1, 0.15) is 5.82 Å². The minimum atomic E-state index is -0.802. The smallest absolute Gasteiger partial charge is 0.296 e. The van der Waals surface area contributed by atoms with E-state index in [1.165, 1.54) is 11.7 Å². The fourth-order valence-corrected chi connectivity index (χ4v) is 4.20. The monoisotopic (exact) mass is 483 g/mol. The Morgan fingerprint density at radius 2 is 2.06 bits per heavy atom. The van der Waals surface area contributed by atoms with Crippen molar-refractivity contribution in [1.82, 2.24) is 19.3 Å². The van der Waals surface area contributed by atoms with Gasteiger partial charge in [-0.25, -0.2) is 4.98 Å². The van der Waals surface area contributed by atoms with Crippen LogP contribution in [0.5, 0.6) is 5.75 Å². The molecular weight excluding hydrogens is 458 g/mol. The molecule has 34 heavy (non-hydrogen) atoms. The molecule has 0 bridgehead atoms. The Labute approximate surface area is 201 Å². The van der Waals surface area contributed by atoms with Gasteiger partial charge in [-0.2, -0.15) is 10.4 Å². The van der Waals surface area contributed by atoms with Crippen molar-refractivity contribution in [2.75, 3.05) is 20.8 Å². The number of nitriles is 1. The van der Waals surface area contributed by atoms with Crippen molar-refractivity contribution >= 4 is 17.2 Å². The Morgan fingerprint density at radius 1 is 1.32 bits per heavy atom. The molecule has 0 aliphatic carbocycles. The van der Waals surface area contributed by atoms with Crippen LogP contribution in [0.4, 0.5) is 0 Å². The number of ether oxygens (including phenoxy) is 2. The summed E-state index contributed by atoms with van der Waals surface area (Å²) in [7, 11) is 4.41. The van der Waals surface area contributed by atoms with Gasteiger partial charge < -0.3 is 14.0 Å². The van der Waals surface area contributed by atoms with E-state index >= 15 is 0 Å². The van der Waals surface area contributed by atoms with E-state index in [0.717, 1.165) is 11.1 Å². The van der Waals surface area contributed by atoms with Crippen molar-refractivity contribution in [2.45, 2.75) is 25.3 Å². The second kappa shape index (κ2) is 11.1. The van der Waals surface area contributed by atoms with Crippen molar-refractivity contribution in [3.05, 3.63) is 75.2 Å². The predicted octanol–water partition coefficient (Wildman–Crippen LogP) is 2.79. The lowest BCUT2D eigenvalue weighted by Crippen LogP contribution is -2.29. The van der Waals surface area contributed by atoms with Gasteiger partial charge in [-0.3, -0.25) is 18.8 Å². The van der Waals surface area contributed by atoms with E-state index in [1.807, 2.05) is 25.3 Å². The normalized spacial score (nSPS) is 12.7. The maximum atomic E-state index is 13.0. The number of benzene rings is 1. The Hall–Kier alpha value is -3.46. The predicted molar refractivity (Wildman–Crippen MR) is 126 cm³/mol. The zero-order valence-corrected chi connectivity index (χ0v) is 20.1. The molecule has 2 unspecified atom stereocenters. The molecule has 2 heterocycles. The molecule has 2 aromatic heterocycles. The highest BCUT2D eigenvalue weighted by atomic mass is 32.2. The third-order valence-corrected chi connectivity index (χ3v) is 5.98. The number of carbonyl (C=O) groups excluding carboxylic acids is 1. The summed E-state index contributed by atoms with van der Waals surface area (Å²) in [5, 5.41) is 13.4. The van der Waals surface area contributed by atoms with Gasteiger partial charge in [-0.15, -0.1) is 0 Å². The lowest BCUT2D eigenvalue weighted by atomic mass is 9.80. The van der Waals surface area contributed by atoms with E-state index in [2.05, 4.69) is 16.2 Å². The average Bonchev–Trinajstić information content (AvgIpc) is 3.32. The highest BCUT2D eigenvalue weighted by Crippen LogP contribution is 2.39. The number of carbonyl (C=O) groups is 1. The van der Waals surface area contributed by atoms with Crippen LogP contribution >= 0.6 is 12.0 Å². The molecule has 0 spiro atoms. The van der Waals surface area contributed by atoms with Crippen molar-refractivity contribution in [3.8, 4) is 11.8 Å². The van der Waals surface area contributed by atoms with E-state index in [9.17, 15) is 19.4 Å². The molecule has 2 atom stereocenters. The largest absolute Gasteiger partial charge is 0.489 e. The molecule has 3 rings (SSSR count).